The minimum absolute atomic E-state index is 0.0383. The van der Waals surface area contributed by atoms with Gasteiger partial charge >= 0.3 is 0 Å². The second kappa shape index (κ2) is 11.0. The van der Waals surface area contributed by atoms with Crippen LogP contribution in [0.4, 0.5) is 0 Å². The molecule has 0 spiro atoms. The van der Waals surface area contributed by atoms with Crippen LogP contribution in [0, 0.1) is 0 Å². The molecule has 2 aliphatic rings. The first kappa shape index (κ1) is 23.4. The van der Waals surface area contributed by atoms with Gasteiger partial charge in [-0.05, 0) is 42.0 Å². The molecule has 1 heterocycles. The molecule has 1 unspecified atom stereocenters. The highest BCUT2D eigenvalue weighted by atomic mass is 16.5. The first-order valence-electron chi connectivity index (χ1n) is 12.6. The Bertz CT molecular complexity index is 1130. The second-order valence-electron chi connectivity index (χ2n) is 9.35. The summed E-state index contributed by atoms with van der Waals surface area (Å²) in [7, 11) is 1.67. The zero-order valence-corrected chi connectivity index (χ0v) is 20.3. The number of benzene rings is 3. The van der Waals surface area contributed by atoms with Crippen molar-refractivity contribution in [1.29, 1.82) is 0 Å². The zero-order chi connectivity index (χ0) is 24.0. The minimum atomic E-state index is -0.562. The summed E-state index contributed by atoms with van der Waals surface area (Å²) in [6, 6.07) is 24.0. The summed E-state index contributed by atoms with van der Waals surface area (Å²) in [5, 5.41) is 0. The van der Waals surface area contributed by atoms with Gasteiger partial charge in [0.15, 0.2) is 17.6 Å². The minimum Gasteiger partial charge on any atom is -0.493 e. The smallest absolute Gasteiger partial charge is 0.256 e. The Morgan fingerprint density at radius 2 is 1.69 bits per heavy atom. The van der Waals surface area contributed by atoms with E-state index in [0.29, 0.717) is 26.1 Å². The summed E-state index contributed by atoms with van der Waals surface area (Å²) in [4.78, 5) is 15.7. The molecule has 1 fully saturated rings. The Labute approximate surface area is 207 Å². The lowest BCUT2D eigenvalue weighted by Gasteiger charge is -2.34. The Hall–Kier alpha value is -3.31. The van der Waals surface area contributed by atoms with Crippen molar-refractivity contribution in [2.75, 3.05) is 13.7 Å². The average molecular weight is 472 g/mol. The number of fused-ring (bicyclic) bond motifs is 1. The highest BCUT2D eigenvalue weighted by Gasteiger charge is 2.33. The van der Waals surface area contributed by atoms with Gasteiger partial charge in [0.05, 0.1) is 13.2 Å². The number of rotatable bonds is 8. The molecule has 3 aromatic rings. The van der Waals surface area contributed by atoms with Gasteiger partial charge < -0.3 is 19.1 Å². The number of ether oxygens (including phenoxy) is 3. The fourth-order valence-corrected chi connectivity index (χ4v) is 5.13. The van der Waals surface area contributed by atoms with E-state index < -0.39 is 6.10 Å². The predicted octanol–water partition coefficient (Wildman–Crippen LogP) is 5.86. The third-order valence-electron chi connectivity index (χ3n) is 7.03. The molecule has 182 valence electrons. The van der Waals surface area contributed by atoms with Gasteiger partial charge in [0, 0.05) is 18.7 Å². The third kappa shape index (κ3) is 5.35. The normalized spacial score (nSPS) is 16.5. The Balaban J connectivity index is 1.36. The van der Waals surface area contributed by atoms with Gasteiger partial charge in [-0.2, -0.15) is 0 Å². The highest BCUT2D eigenvalue weighted by Crippen LogP contribution is 2.38. The van der Waals surface area contributed by atoms with Crippen LogP contribution in [0.2, 0.25) is 0 Å². The first-order valence-corrected chi connectivity index (χ1v) is 12.6. The zero-order valence-electron chi connectivity index (χ0n) is 20.3. The Morgan fingerprint density at radius 3 is 2.40 bits per heavy atom. The van der Waals surface area contributed by atoms with E-state index in [0.717, 1.165) is 46.6 Å². The lowest BCUT2D eigenvalue weighted by Crippen LogP contribution is -2.40. The topological polar surface area (TPSA) is 48.0 Å². The molecule has 1 aliphatic heterocycles. The molecule has 5 rings (SSSR count). The van der Waals surface area contributed by atoms with Gasteiger partial charge in [-0.15, -0.1) is 0 Å². The summed E-state index contributed by atoms with van der Waals surface area (Å²) in [5.74, 6) is 1.55. The number of carbonyl (C=O) groups is 1. The largest absolute Gasteiger partial charge is 0.493 e. The lowest BCUT2D eigenvalue weighted by molar-refractivity contribution is -0.149. The quantitative estimate of drug-likeness (QED) is 0.413. The molecule has 0 aromatic heterocycles. The average Bonchev–Trinajstić information content (AvgIpc) is 3.44. The maximum Gasteiger partial charge on any atom is 0.256 e. The number of nitrogens with zero attached hydrogens (tertiary/aromatic N) is 1. The van der Waals surface area contributed by atoms with E-state index in [1.54, 1.807) is 7.11 Å². The molecule has 1 atom stereocenters. The molecule has 5 nitrogen and oxygen atoms in total. The molecule has 5 heteroatoms. The van der Waals surface area contributed by atoms with Crippen LogP contribution in [0.3, 0.4) is 0 Å². The molecule has 3 aromatic carbocycles. The van der Waals surface area contributed by atoms with Crippen molar-refractivity contribution in [3.63, 3.8) is 0 Å². The summed E-state index contributed by atoms with van der Waals surface area (Å²) in [6.07, 6.45) is 4.71. The van der Waals surface area contributed by atoms with Crippen LogP contribution in [0.15, 0.2) is 72.8 Å². The van der Waals surface area contributed by atoms with Gasteiger partial charge in [-0.1, -0.05) is 79.6 Å². The molecule has 1 aliphatic carbocycles. The molecule has 0 radical (unpaired) electrons. The van der Waals surface area contributed by atoms with Crippen LogP contribution in [0.5, 0.6) is 11.5 Å². The van der Waals surface area contributed by atoms with Gasteiger partial charge in [0.2, 0.25) is 0 Å². The van der Waals surface area contributed by atoms with Gasteiger partial charge in [-0.25, -0.2) is 0 Å². The van der Waals surface area contributed by atoms with Crippen LogP contribution in [0.25, 0.3) is 0 Å². The van der Waals surface area contributed by atoms with E-state index in [1.807, 2.05) is 59.5 Å². The van der Waals surface area contributed by atoms with E-state index >= 15 is 0 Å². The molecular weight excluding hydrogens is 438 g/mol. The number of hydrogen-bond donors (Lipinski definition) is 0. The van der Waals surface area contributed by atoms with E-state index in [2.05, 4.69) is 18.2 Å². The van der Waals surface area contributed by atoms with E-state index in [9.17, 15) is 4.79 Å². The van der Waals surface area contributed by atoms with Crippen molar-refractivity contribution >= 4 is 5.91 Å². The summed E-state index contributed by atoms with van der Waals surface area (Å²) < 4.78 is 18.3. The fraction of sp³-hybridized carbons (Fsp3) is 0.367. The van der Waals surface area contributed by atoms with Crippen molar-refractivity contribution < 1.29 is 19.0 Å². The number of methoxy groups -OCH3 is 1. The van der Waals surface area contributed by atoms with Crippen LogP contribution in [-0.4, -0.2) is 30.6 Å². The molecule has 0 bridgehead atoms. The van der Waals surface area contributed by atoms with Crippen molar-refractivity contribution in [2.24, 2.45) is 0 Å². The summed E-state index contributed by atoms with van der Waals surface area (Å²) >= 11 is 0. The van der Waals surface area contributed by atoms with Crippen molar-refractivity contribution in [3.05, 3.63) is 95.1 Å². The Morgan fingerprint density at radius 1 is 0.971 bits per heavy atom. The number of carbonyl (C=O) groups excluding carboxylic acids is 1. The van der Waals surface area contributed by atoms with Crippen molar-refractivity contribution in [3.8, 4) is 11.5 Å². The maximum absolute atomic E-state index is 13.8. The van der Waals surface area contributed by atoms with Crippen LogP contribution in [0.1, 0.15) is 54.0 Å². The molecule has 35 heavy (non-hydrogen) atoms. The molecule has 0 N–H and O–H groups in total. The standard InChI is InChI=1S/C30H33NO4/c1-33-27-17-16-24-20-31(19-18-26(24)29(27)34-21-22-10-4-2-5-11-22)30(32)28(23-12-6-3-7-13-23)35-25-14-8-9-15-25/h2-7,10-13,16-17,25,28H,8-9,14-15,18-21H2,1H3. The fourth-order valence-electron chi connectivity index (χ4n) is 5.13. The molecule has 0 saturated heterocycles. The number of hydrogen-bond acceptors (Lipinski definition) is 4. The van der Waals surface area contributed by atoms with Crippen molar-refractivity contribution in [2.45, 2.75) is 57.5 Å². The van der Waals surface area contributed by atoms with Gasteiger partial charge in [-0.3, -0.25) is 4.79 Å². The molecule has 1 saturated carbocycles. The van der Waals surface area contributed by atoms with E-state index in [4.69, 9.17) is 14.2 Å². The molecular formula is C30H33NO4. The van der Waals surface area contributed by atoms with E-state index in [1.165, 1.54) is 12.8 Å². The SMILES string of the molecule is COc1ccc2c(c1OCc1ccccc1)CCN(C(=O)C(OC1CCCC1)c1ccccc1)C2. The third-order valence-corrected chi connectivity index (χ3v) is 7.03. The lowest BCUT2D eigenvalue weighted by atomic mass is 9.97. The maximum atomic E-state index is 13.8. The van der Waals surface area contributed by atoms with Gasteiger partial charge in [0.1, 0.15) is 6.61 Å². The van der Waals surface area contributed by atoms with Crippen LogP contribution >= 0.6 is 0 Å². The van der Waals surface area contributed by atoms with Crippen LogP contribution in [-0.2, 0) is 29.1 Å². The summed E-state index contributed by atoms with van der Waals surface area (Å²) in [6.45, 7) is 1.64. The van der Waals surface area contributed by atoms with Crippen molar-refractivity contribution in [1.82, 2.24) is 4.90 Å². The highest BCUT2D eigenvalue weighted by molar-refractivity contribution is 5.82. The number of amides is 1. The summed E-state index contributed by atoms with van der Waals surface area (Å²) in [5.41, 5.74) is 4.25. The van der Waals surface area contributed by atoms with E-state index in [-0.39, 0.29) is 12.0 Å². The Kier molecular flexibility index (Phi) is 7.34. The molecule has 1 amide bonds. The first-order chi connectivity index (χ1) is 17.2. The monoisotopic (exact) mass is 471 g/mol. The predicted molar refractivity (Wildman–Crippen MR) is 135 cm³/mol. The van der Waals surface area contributed by atoms with Gasteiger partial charge in [0.25, 0.3) is 5.91 Å². The van der Waals surface area contributed by atoms with Crippen LogP contribution < -0.4 is 9.47 Å². The second-order valence-corrected chi connectivity index (χ2v) is 9.35.